The highest BCUT2D eigenvalue weighted by Gasteiger charge is 2.18. The number of carbonyl (C=O) groups is 1. The van der Waals surface area contributed by atoms with E-state index in [2.05, 4.69) is 4.98 Å². The second-order valence-corrected chi connectivity index (χ2v) is 2.76. The summed E-state index contributed by atoms with van der Waals surface area (Å²) in [4.78, 5) is 14.2. The molecule has 0 fully saturated rings. The number of primary amides is 1. The van der Waals surface area contributed by atoms with Crippen LogP contribution in [0.4, 0.5) is 14.5 Å². The van der Waals surface area contributed by atoms with Crippen LogP contribution in [0, 0.1) is 6.92 Å². The van der Waals surface area contributed by atoms with Crippen LogP contribution in [-0.2, 0) is 0 Å². The first-order valence-corrected chi connectivity index (χ1v) is 3.78. The van der Waals surface area contributed by atoms with E-state index in [1.54, 1.807) is 0 Å². The maximum absolute atomic E-state index is 12.3. The predicted octanol–water partition coefficient (Wildman–Crippen LogP) is 1.01. The van der Waals surface area contributed by atoms with Crippen LogP contribution in [0.3, 0.4) is 0 Å². The van der Waals surface area contributed by atoms with Crippen molar-refractivity contribution >= 4 is 11.6 Å². The van der Waals surface area contributed by atoms with Gasteiger partial charge in [-0.1, -0.05) is 0 Å². The number of amides is 1. The smallest absolute Gasteiger partial charge is 0.282 e. The number of carbonyl (C=O) groups excluding carboxylic acids is 1. The third-order valence-electron chi connectivity index (χ3n) is 1.89. The number of anilines is 1. The van der Waals surface area contributed by atoms with Crippen molar-refractivity contribution in [3.8, 4) is 0 Å². The molecule has 4 N–H and O–H groups in total. The summed E-state index contributed by atoms with van der Waals surface area (Å²) in [5.74, 6) is -0.734. The van der Waals surface area contributed by atoms with Gasteiger partial charge in [-0.15, -0.1) is 0 Å². The summed E-state index contributed by atoms with van der Waals surface area (Å²) >= 11 is 0. The highest BCUT2D eigenvalue weighted by atomic mass is 19.3. The summed E-state index contributed by atoms with van der Waals surface area (Å²) < 4.78 is 24.6. The number of nitrogens with zero attached hydrogens (tertiary/aromatic N) is 1. The number of aromatic nitrogens is 1. The number of rotatable bonds is 2. The highest BCUT2D eigenvalue weighted by molar-refractivity contribution is 5.95. The van der Waals surface area contributed by atoms with E-state index in [1.807, 2.05) is 0 Å². The number of hydrogen-bond donors (Lipinski definition) is 2. The molecule has 0 bridgehead atoms. The van der Waals surface area contributed by atoms with E-state index in [4.69, 9.17) is 11.5 Å². The van der Waals surface area contributed by atoms with E-state index in [0.717, 1.165) is 6.20 Å². The quantitative estimate of drug-likeness (QED) is 0.749. The zero-order valence-corrected chi connectivity index (χ0v) is 7.42. The van der Waals surface area contributed by atoms with Gasteiger partial charge in [-0.3, -0.25) is 9.78 Å². The Kier molecular flexibility index (Phi) is 2.64. The van der Waals surface area contributed by atoms with Gasteiger partial charge in [0.05, 0.1) is 11.3 Å². The van der Waals surface area contributed by atoms with E-state index >= 15 is 0 Å². The lowest BCUT2D eigenvalue weighted by Gasteiger charge is -2.08. The largest absolute Gasteiger partial charge is 0.397 e. The van der Waals surface area contributed by atoms with Crippen molar-refractivity contribution in [1.29, 1.82) is 0 Å². The lowest BCUT2D eigenvalue weighted by molar-refractivity contribution is 0.0998. The molecule has 1 rings (SSSR count). The van der Waals surface area contributed by atoms with E-state index < -0.39 is 18.0 Å². The molecule has 0 aliphatic carbocycles. The van der Waals surface area contributed by atoms with Gasteiger partial charge in [0, 0.05) is 6.20 Å². The summed E-state index contributed by atoms with van der Waals surface area (Å²) in [5, 5.41) is 0. The maximum atomic E-state index is 12.3. The first-order chi connectivity index (χ1) is 6.45. The fraction of sp³-hybridized carbons (Fsp3) is 0.250. The van der Waals surface area contributed by atoms with Crippen LogP contribution in [0.15, 0.2) is 6.20 Å². The zero-order valence-electron chi connectivity index (χ0n) is 7.42. The molecule has 1 aromatic rings. The topological polar surface area (TPSA) is 82.0 Å². The Morgan fingerprint density at radius 2 is 2.14 bits per heavy atom. The van der Waals surface area contributed by atoms with Crippen molar-refractivity contribution in [1.82, 2.24) is 4.98 Å². The van der Waals surface area contributed by atoms with Gasteiger partial charge in [-0.25, -0.2) is 8.78 Å². The molecule has 4 nitrogen and oxygen atoms in total. The Morgan fingerprint density at radius 3 is 2.57 bits per heavy atom. The standard InChI is InChI=1S/C8H9F2N3O/c1-3-4(8(12)14)2-13-6(5(3)11)7(9)10/h2,7H,11H2,1H3,(H2,12,14). The fourth-order valence-corrected chi connectivity index (χ4v) is 1.06. The molecule has 1 heterocycles. The van der Waals surface area contributed by atoms with E-state index in [9.17, 15) is 13.6 Å². The van der Waals surface area contributed by atoms with Gasteiger partial charge in [0.15, 0.2) is 0 Å². The van der Waals surface area contributed by atoms with Crippen LogP contribution < -0.4 is 11.5 Å². The average molecular weight is 201 g/mol. The van der Waals surface area contributed by atoms with Gasteiger partial charge >= 0.3 is 0 Å². The van der Waals surface area contributed by atoms with Crippen molar-refractivity contribution in [2.45, 2.75) is 13.3 Å². The normalized spacial score (nSPS) is 10.6. The van der Waals surface area contributed by atoms with Crippen LogP contribution >= 0.6 is 0 Å². The second-order valence-electron chi connectivity index (χ2n) is 2.76. The fourth-order valence-electron chi connectivity index (χ4n) is 1.06. The van der Waals surface area contributed by atoms with Crippen molar-refractivity contribution in [3.05, 3.63) is 23.0 Å². The highest BCUT2D eigenvalue weighted by Crippen LogP contribution is 2.26. The number of pyridine rings is 1. The van der Waals surface area contributed by atoms with E-state index in [1.165, 1.54) is 6.92 Å². The van der Waals surface area contributed by atoms with Gasteiger partial charge in [0.25, 0.3) is 12.3 Å². The van der Waals surface area contributed by atoms with Crippen molar-refractivity contribution < 1.29 is 13.6 Å². The molecule has 0 saturated heterocycles. The number of alkyl halides is 2. The number of nitrogen functional groups attached to an aromatic ring is 1. The molecule has 76 valence electrons. The number of halogens is 2. The Bertz CT molecular complexity index is 379. The summed E-state index contributed by atoms with van der Waals surface area (Å²) in [6.07, 6.45) is -1.74. The Morgan fingerprint density at radius 1 is 1.57 bits per heavy atom. The van der Waals surface area contributed by atoms with Crippen molar-refractivity contribution in [2.24, 2.45) is 5.73 Å². The van der Waals surface area contributed by atoms with Gasteiger partial charge in [-0.2, -0.15) is 0 Å². The Labute approximate surface area is 78.9 Å². The molecule has 1 aromatic heterocycles. The Hall–Kier alpha value is -1.72. The molecule has 1 amide bonds. The maximum Gasteiger partial charge on any atom is 0.282 e. The molecule has 0 aromatic carbocycles. The molecular weight excluding hydrogens is 192 g/mol. The van der Waals surface area contributed by atoms with Crippen LogP contribution in [0.2, 0.25) is 0 Å². The summed E-state index contributed by atoms with van der Waals surface area (Å²) in [6.45, 7) is 1.45. The molecule has 0 radical (unpaired) electrons. The van der Waals surface area contributed by atoms with E-state index in [-0.39, 0.29) is 16.8 Å². The summed E-state index contributed by atoms with van der Waals surface area (Å²) in [6, 6.07) is 0. The SMILES string of the molecule is Cc1c(C(N)=O)cnc(C(F)F)c1N. The molecule has 0 aliphatic rings. The first kappa shape index (κ1) is 10.4. The van der Waals surface area contributed by atoms with Crippen LogP contribution in [0.5, 0.6) is 0 Å². The lowest BCUT2D eigenvalue weighted by atomic mass is 10.1. The van der Waals surface area contributed by atoms with Crippen molar-refractivity contribution in [2.75, 3.05) is 5.73 Å². The van der Waals surface area contributed by atoms with Crippen LogP contribution in [0.1, 0.15) is 28.0 Å². The van der Waals surface area contributed by atoms with E-state index in [0.29, 0.717) is 0 Å². The molecule has 0 spiro atoms. The first-order valence-electron chi connectivity index (χ1n) is 3.78. The lowest BCUT2D eigenvalue weighted by Crippen LogP contribution is -2.15. The number of hydrogen-bond acceptors (Lipinski definition) is 3. The monoisotopic (exact) mass is 201 g/mol. The molecule has 0 aliphatic heterocycles. The van der Waals surface area contributed by atoms with Crippen LogP contribution in [-0.4, -0.2) is 10.9 Å². The minimum atomic E-state index is -2.75. The summed E-state index contributed by atoms with van der Waals surface area (Å²) in [5.41, 5.74) is 9.96. The minimum absolute atomic E-state index is 0.0619. The molecule has 0 unspecified atom stereocenters. The molecule has 6 heteroatoms. The third-order valence-corrected chi connectivity index (χ3v) is 1.89. The predicted molar refractivity (Wildman–Crippen MR) is 46.9 cm³/mol. The third kappa shape index (κ3) is 1.63. The Balaban J connectivity index is 3.33. The molecule has 14 heavy (non-hydrogen) atoms. The average Bonchev–Trinajstić information content (AvgIpc) is 2.08. The van der Waals surface area contributed by atoms with Gasteiger partial charge in [0.2, 0.25) is 0 Å². The van der Waals surface area contributed by atoms with Gasteiger partial charge in [0.1, 0.15) is 5.69 Å². The van der Waals surface area contributed by atoms with Crippen molar-refractivity contribution in [3.63, 3.8) is 0 Å². The zero-order chi connectivity index (χ0) is 10.9. The molecule has 0 atom stereocenters. The van der Waals surface area contributed by atoms with Crippen LogP contribution in [0.25, 0.3) is 0 Å². The molecule has 0 saturated carbocycles. The summed E-state index contributed by atoms with van der Waals surface area (Å²) in [7, 11) is 0. The molecular formula is C8H9F2N3O. The van der Waals surface area contributed by atoms with Gasteiger partial charge < -0.3 is 11.5 Å². The second kappa shape index (κ2) is 3.57. The number of nitrogens with two attached hydrogens (primary N) is 2. The minimum Gasteiger partial charge on any atom is -0.397 e. The van der Waals surface area contributed by atoms with Gasteiger partial charge in [-0.05, 0) is 12.5 Å².